The van der Waals surface area contributed by atoms with Gasteiger partial charge in [-0.15, -0.1) is 11.3 Å². The highest BCUT2D eigenvalue weighted by molar-refractivity contribution is 7.93. The molecule has 8 nitrogen and oxygen atoms in total. The van der Waals surface area contributed by atoms with Gasteiger partial charge in [-0.2, -0.15) is 0 Å². The van der Waals surface area contributed by atoms with Crippen LogP contribution in [0, 0.1) is 0 Å². The van der Waals surface area contributed by atoms with E-state index in [1.807, 2.05) is 13.8 Å². The molecule has 10 heteroatoms. The summed E-state index contributed by atoms with van der Waals surface area (Å²) in [6, 6.07) is 5.99. The van der Waals surface area contributed by atoms with Crippen molar-refractivity contribution in [1.82, 2.24) is 0 Å². The summed E-state index contributed by atoms with van der Waals surface area (Å²) in [6.07, 6.45) is 0.452. The molecule has 0 spiro atoms. The van der Waals surface area contributed by atoms with Crippen molar-refractivity contribution in [3.63, 3.8) is 0 Å². The Labute approximate surface area is 179 Å². The fraction of sp³-hybridized carbons (Fsp3) is 0.400. The average Bonchev–Trinajstić information content (AvgIpc) is 3.09. The molecule has 1 unspecified atom stereocenters. The molecule has 1 aromatic heterocycles. The first kappa shape index (κ1) is 22.1. The largest absolute Gasteiger partial charge is 0.487 e. The Morgan fingerprint density at radius 2 is 2.03 bits per heavy atom. The summed E-state index contributed by atoms with van der Waals surface area (Å²) in [5.41, 5.74) is 0.581. The number of carbonyl (C=O) groups excluding carboxylic acids is 2. The van der Waals surface area contributed by atoms with E-state index in [4.69, 9.17) is 9.47 Å². The lowest BCUT2D eigenvalue weighted by molar-refractivity contribution is -0.117. The molecule has 30 heavy (non-hydrogen) atoms. The van der Waals surface area contributed by atoms with Gasteiger partial charge in [0.1, 0.15) is 16.9 Å². The zero-order chi connectivity index (χ0) is 22.1. The van der Waals surface area contributed by atoms with Crippen molar-refractivity contribution in [1.29, 1.82) is 0 Å². The van der Waals surface area contributed by atoms with E-state index in [2.05, 4.69) is 4.72 Å². The van der Waals surface area contributed by atoms with Crippen LogP contribution < -0.4 is 14.4 Å². The zero-order valence-electron chi connectivity index (χ0n) is 17.2. The number of amides is 1. The maximum absolute atomic E-state index is 13.1. The van der Waals surface area contributed by atoms with Gasteiger partial charge in [0.05, 0.1) is 29.3 Å². The minimum absolute atomic E-state index is 0.0353. The lowest BCUT2D eigenvalue weighted by Gasteiger charge is -2.33. The van der Waals surface area contributed by atoms with Crippen molar-refractivity contribution >= 4 is 43.9 Å². The fourth-order valence-electron chi connectivity index (χ4n) is 3.12. The lowest BCUT2D eigenvalue weighted by atomic mass is 10.2. The van der Waals surface area contributed by atoms with E-state index in [0.29, 0.717) is 24.4 Å². The average molecular weight is 453 g/mol. The van der Waals surface area contributed by atoms with E-state index >= 15 is 0 Å². The first-order valence-corrected chi connectivity index (χ1v) is 11.9. The molecule has 1 aliphatic heterocycles. The standard InChI is InChI=1S/C20H24N2O6S2/c1-5-14-9-16(20(24)27-6-2)19(29-14)21-30(25,26)15-7-8-18-17(10-15)22(13(4)23)11-12(3)28-18/h7-10,12,21H,5-6,11H2,1-4H3. The summed E-state index contributed by atoms with van der Waals surface area (Å²) < 4.78 is 39.4. The lowest BCUT2D eigenvalue weighted by Crippen LogP contribution is -2.41. The van der Waals surface area contributed by atoms with E-state index in [9.17, 15) is 18.0 Å². The monoisotopic (exact) mass is 452 g/mol. The van der Waals surface area contributed by atoms with Crippen LogP contribution in [0.5, 0.6) is 5.75 Å². The quantitative estimate of drug-likeness (QED) is 0.674. The molecule has 1 atom stereocenters. The fourth-order valence-corrected chi connectivity index (χ4v) is 5.43. The highest BCUT2D eigenvalue weighted by Gasteiger charge is 2.29. The van der Waals surface area contributed by atoms with Crippen molar-refractivity contribution in [3.05, 3.63) is 34.7 Å². The number of aryl methyl sites for hydroxylation is 1. The van der Waals surface area contributed by atoms with E-state index in [1.165, 1.54) is 41.4 Å². The van der Waals surface area contributed by atoms with Crippen LogP contribution in [0.3, 0.4) is 0 Å². The van der Waals surface area contributed by atoms with Crippen LogP contribution in [0.2, 0.25) is 0 Å². The summed E-state index contributed by atoms with van der Waals surface area (Å²) in [5, 5.41) is 0.205. The summed E-state index contributed by atoms with van der Waals surface area (Å²) in [7, 11) is -4.02. The molecule has 2 heterocycles. The molecule has 0 bridgehead atoms. The molecular weight excluding hydrogens is 428 g/mol. The highest BCUT2D eigenvalue weighted by Crippen LogP contribution is 2.37. The second kappa shape index (κ2) is 8.65. The number of rotatable bonds is 6. The first-order chi connectivity index (χ1) is 14.2. The number of thiophene rings is 1. The third-order valence-electron chi connectivity index (χ3n) is 4.53. The van der Waals surface area contributed by atoms with Crippen LogP contribution in [0.25, 0.3) is 0 Å². The minimum Gasteiger partial charge on any atom is -0.487 e. The van der Waals surface area contributed by atoms with Crippen molar-refractivity contribution < 1.29 is 27.5 Å². The van der Waals surface area contributed by atoms with Gasteiger partial charge < -0.3 is 14.4 Å². The number of esters is 1. The van der Waals surface area contributed by atoms with E-state index < -0.39 is 16.0 Å². The topological polar surface area (TPSA) is 102 Å². The van der Waals surface area contributed by atoms with Gasteiger partial charge in [-0.25, -0.2) is 13.2 Å². The van der Waals surface area contributed by atoms with Crippen LogP contribution in [0.1, 0.15) is 42.9 Å². The number of hydrogen-bond acceptors (Lipinski definition) is 7. The smallest absolute Gasteiger partial charge is 0.341 e. The van der Waals surface area contributed by atoms with Crippen molar-refractivity contribution in [2.24, 2.45) is 0 Å². The molecule has 0 fully saturated rings. The third-order valence-corrected chi connectivity index (χ3v) is 7.20. The maximum atomic E-state index is 13.1. The predicted octanol–water partition coefficient (Wildman–Crippen LogP) is 3.42. The molecule has 1 aromatic carbocycles. The number of fused-ring (bicyclic) bond motifs is 1. The van der Waals surface area contributed by atoms with Gasteiger partial charge in [0.2, 0.25) is 5.91 Å². The van der Waals surface area contributed by atoms with Crippen LogP contribution in [-0.2, 0) is 26.0 Å². The number of ether oxygens (including phenoxy) is 2. The van der Waals surface area contributed by atoms with Crippen LogP contribution in [0.15, 0.2) is 29.2 Å². The van der Waals surface area contributed by atoms with Gasteiger partial charge in [-0.05, 0) is 44.5 Å². The molecule has 0 radical (unpaired) electrons. The molecule has 0 aliphatic carbocycles. The molecular formula is C20H24N2O6S2. The molecule has 162 valence electrons. The third kappa shape index (κ3) is 4.44. The summed E-state index contributed by atoms with van der Waals surface area (Å²) in [6.45, 7) is 7.38. The Morgan fingerprint density at radius 3 is 2.67 bits per heavy atom. The van der Waals surface area contributed by atoms with Gasteiger partial charge in [-0.1, -0.05) is 6.92 Å². The van der Waals surface area contributed by atoms with Gasteiger partial charge in [0.25, 0.3) is 10.0 Å². The van der Waals surface area contributed by atoms with Gasteiger partial charge >= 0.3 is 5.97 Å². The summed E-state index contributed by atoms with van der Waals surface area (Å²) >= 11 is 1.19. The summed E-state index contributed by atoms with van der Waals surface area (Å²) in [4.78, 5) is 26.6. The van der Waals surface area contributed by atoms with Crippen molar-refractivity contribution in [2.45, 2.75) is 45.1 Å². The Hall–Kier alpha value is -2.59. The predicted molar refractivity (Wildman–Crippen MR) is 115 cm³/mol. The normalized spacial score (nSPS) is 15.9. The zero-order valence-corrected chi connectivity index (χ0v) is 18.9. The first-order valence-electron chi connectivity index (χ1n) is 9.57. The van der Waals surface area contributed by atoms with Gasteiger partial charge in [0, 0.05) is 11.8 Å². The van der Waals surface area contributed by atoms with Crippen molar-refractivity contribution in [2.75, 3.05) is 22.8 Å². The van der Waals surface area contributed by atoms with Crippen molar-refractivity contribution in [3.8, 4) is 5.75 Å². The molecule has 0 saturated carbocycles. The maximum Gasteiger partial charge on any atom is 0.341 e. The Morgan fingerprint density at radius 1 is 1.30 bits per heavy atom. The number of nitrogens with one attached hydrogen (secondary N) is 1. The van der Waals surface area contributed by atoms with Crippen LogP contribution in [-0.4, -0.2) is 39.5 Å². The number of sulfonamides is 1. The SMILES string of the molecule is CCOC(=O)c1cc(CC)sc1NS(=O)(=O)c1ccc2c(c1)N(C(C)=O)CC(C)O2. The Kier molecular flexibility index (Phi) is 6.37. The van der Waals surface area contributed by atoms with E-state index in [-0.39, 0.29) is 34.1 Å². The second-order valence-electron chi connectivity index (χ2n) is 6.82. The molecule has 0 saturated heterocycles. The van der Waals surface area contributed by atoms with Crippen LogP contribution >= 0.6 is 11.3 Å². The number of carbonyl (C=O) groups is 2. The molecule has 1 N–H and O–H groups in total. The number of nitrogens with zero attached hydrogens (tertiary/aromatic N) is 1. The number of benzene rings is 1. The highest BCUT2D eigenvalue weighted by atomic mass is 32.2. The van der Waals surface area contributed by atoms with E-state index in [0.717, 1.165) is 4.88 Å². The number of hydrogen-bond donors (Lipinski definition) is 1. The van der Waals surface area contributed by atoms with Gasteiger partial charge in [0.15, 0.2) is 0 Å². The summed E-state index contributed by atoms with van der Waals surface area (Å²) in [5.74, 6) is -0.342. The second-order valence-corrected chi connectivity index (χ2v) is 9.64. The van der Waals surface area contributed by atoms with Crippen LogP contribution in [0.4, 0.5) is 10.7 Å². The molecule has 2 aromatic rings. The molecule has 3 rings (SSSR count). The Balaban J connectivity index is 1.98. The van der Waals surface area contributed by atoms with Gasteiger partial charge in [-0.3, -0.25) is 9.52 Å². The van der Waals surface area contributed by atoms with E-state index in [1.54, 1.807) is 13.0 Å². The number of anilines is 2. The molecule has 1 aliphatic rings. The molecule has 1 amide bonds. The minimum atomic E-state index is -4.02. The Bertz CT molecular complexity index is 1080.